The zero-order valence-electron chi connectivity index (χ0n) is 7.97. The topological polar surface area (TPSA) is 29.5 Å². The maximum Gasteiger partial charge on any atom is 0.304 e. The van der Waals surface area contributed by atoms with Crippen molar-refractivity contribution in [2.45, 2.75) is 32.9 Å². The number of carbonyl (C=O) groups excluding carboxylic acids is 1. The van der Waals surface area contributed by atoms with E-state index in [0.717, 1.165) is 6.42 Å². The van der Waals surface area contributed by atoms with Crippen molar-refractivity contribution in [1.29, 1.82) is 0 Å². The Bertz CT molecular complexity index is 145. The molecule has 0 aromatic heterocycles. The highest BCUT2D eigenvalue weighted by Crippen LogP contribution is 2.17. The lowest BCUT2D eigenvalue weighted by molar-refractivity contribution is -0.173. The molecule has 1 atom stereocenters. The average Bonchev–Trinajstić information content (AvgIpc) is 1.86. The molecule has 0 heterocycles. The predicted molar refractivity (Wildman–Crippen MR) is 44.1 cm³/mol. The normalized spacial score (nSPS) is 16.2. The van der Waals surface area contributed by atoms with E-state index in [1.165, 1.54) is 6.92 Å². The van der Waals surface area contributed by atoms with Crippen LogP contribution >= 0.6 is 0 Å². The summed E-state index contributed by atoms with van der Waals surface area (Å²) in [7, 11) is 3.79. The first-order chi connectivity index (χ1) is 4.92. The van der Waals surface area contributed by atoms with E-state index in [-0.39, 0.29) is 5.97 Å². The Morgan fingerprint density at radius 3 is 2.09 bits per heavy atom. The van der Waals surface area contributed by atoms with Gasteiger partial charge in [0.2, 0.25) is 0 Å². The monoisotopic (exact) mass is 159 g/mol. The second kappa shape index (κ2) is 3.72. The zero-order valence-corrected chi connectivity index (χ0v) is 7.97. The van der Waals surface area contributed by atoms with E-state index in [1.54, 1.807) is 0 Å². The molecule has 3 nitrogen and oxygen atoms in total. The third kappa shape index (κ3) is 2.89. The molecule has 0 amide bonds. The van der Waals surface area contributed by atoms with Gasteiger partial charge in [-0.15, -0.1) is 0 Å². The first-order valence-electron chi connectivity index (χ1n) is 3.79. The SMILES string of the molecule is CCC(C)(OC(C)=O)N(C)C. The van der Waals surface area contributed by atoms with Crippen molar-refractivity contribution < 1.29 is 9.53 Å². The molecule has 11 heavy (non-hydrogen) atoms. The largest absolute Gasteiger partial charge is 0.444 e. The molecule has 66 valence electrons. The third-order valence-corrected chi connectivity index (χ3v) is 1.97. The highest BCUT2D eigenvalue weighted by Gasteiger charge is 2.27. The van der Waals surface area contributed by atoms with Crippen LogP contribution < -0.4 is 0 Å². The second-order valence-electron chi connectivity index (χ2n) is 3.02. The molecule has 0 aliphatic heterocycles. The fourth-order valence-corrected chi connectivity index (χ4v) is 0.789. The summed E-state index contributed by atoms with van der Waals surface area (Å²) in [6.45, 7) is 5.31. The fourth-order valence-electron chi connectivity index (χ4n) is 0.789. The molecule has 0 radical (unpaired) electrons. The molecule has 0 bridgehead atoms. The van der Waals surface area contributed by atoms with Gasteiger partial charge in [0, 0.05) is 6.92 Å². The minimum atomic E-state index is -0.453. The Kier molecular flexibility index (Phi) is 3.52. The molecule has 0 fully saturated rings. The number of hydrogen-bond donors (Lipinski definition) is 0. The molecule has 0 aliphatic rings. The van der Waals surface area contributed by atoms with E-state index in [4.69, 9.17) is 4.74 Å². The Labute approximate surface area is 68.3 Å². The van der Waals surface area contributed by atoms with Gasteiger partial charge in [-0.05, 0) is 27.4 Å². The first-order valence-corrected chi connectivity index (χ1v) is 3.79. The van der Waals surface area contributed by atoms with Gasteiger partial charge in [-0.1, -0.05) is 6.92 Å². The summed E-state index contributed by atoms with van der Waals surface area (Å²) in [5.74, 6) is -0.233. The minimum Gasteiger partial charge on any atom is -0.444 e. The van der Waals surface area contributed by atoms with Crippen molar-refractivity contribution in [1.82, 2.24) is 4.90 Å². The molecule has 0 aromatic carbocycles. The molecule has 0 saturated carbocycles. The van der Waals surface area contributed by atoms with Crippen molar-refractivity contribution in [2.75, 3.05) is 14.1 Å². The number of nitrogens with zero attached hydrogens (tertiary/aromatic N) is 1. The third-order valence-electron chi connectivity index (χ3n) is 1.97. The van der Waals surface area contributed by atoms with Gasteiger partial charge in [-0.25, -0.2) is 0 Å². The summed E-state index contributed by atoms with van der Waals surface area (Å²) in [6.07, 6.45) is 0.791. The fraction of sp³-hybridized carbons (Fsp3) is 0.875. The molecular formula is C8H17NO2. The van der Waals surface area contributed by atoms with Crippen LogP contribution in [-0.2, 0) is 9.53 Å². The molecule has 0 N–H and O–H groups in total. The number of esters is 1. The molecular weight excluding hydrogens is 142 g/mol. The summed E-state index contributed by atoms with van der Waals surface area (Å²) >= 11 is 0. The smallest absolute Gasteiger partial charge is 0.304 e. The summed E-state index contributed by atoms with van der Waals surface area (Å²) < 4.78 is 5.14. The van der Waals surface area contributed by atoms with Gasteiger partial charge < -0.3 is 4.74 Å². The van der Waals surface area contributed by atoms with Gasteiger partial charge in [0.15, 0.2) is 5.72 Å². The number of ether oxygens (including phenoxy) is 1. The number of carbonyl (C=O) groups is 1. The van der Waals surface area contributed by atoms with Crippen LogP contribution in [0.4, 0.5) is 0 Å². The lowest BCUT2D eigenvalue weighted by atomic mass is 10.2. The van der Waals surface area contributed by atoms with E-state index in [2.05, 4.69) is 0 Å². The van der Waals surface area contributed by atoms with Crippen LogP contribution in [0.1, 0.15) is 27.2 Å². The molecule has 0 aromatic rings. The van der Waals surface area contributed by atoms with E-state index < -0.39 is 5.72 Å². The second-order valence-corrected chi connectivity index (χ2v) is 3.02. The molecule has 0 spiro atoms. The predicted octanol–water partition coefficient (Wildman–Crippen LogP) is 1.24. The van der Waals surface area contributed by atoms with Crippen molar-refractivity contribution in [3.8, 4) is 0 Å². The van der Waals surface area contributed by atoms with E-state index in [0.29, 0.717) is 0 Å². The lowest BCUT2D eigenvalue weighted by Gasteiger charge is -2.34. The molecule has 0 rings (SSSR count). The van der Waals surface area contributed by atoms with Crippen LogP contribution in [0, 0.1) is 0 Å². The van der Waals surface area contributed by atoms with Crippen LogP contribution in [-0.4, -0.2) is 30.7 Å². The van der Waals surface area contributed by atoms with Crippen molar-refractivity contribution in [3.05, 3.63) is 0 Å². The van der Waals surface area contributed by atoms with Gasteiger partial charge >= 0.3 is 5.97 Å². The van der Waals surface area contributed by atoms with Gasteiger partial charge in [0.1, 0.15) is 0 Å². The zero-order chi connectivity index (χ0) is 9.07. The van der Waals surface area contributed by atoms with Crippen molar-refractivity contribution in [2.24, 2.45) is 0 Å². The average molecular weight is 159 g/mol. The summed E-state index contributed by atoms with van der Waals surface area (Å²) in [5, 5.41) is 0. The van der Waals surface area contributed by atoms with Gasteiger partial charge in [0.05, 0.1) is 0 Å². The molecule has 0 aliphatic carbocycles. The van der Waals surface area contributed by atoms with Crippen molar-refractivity contribution >= 4 is 5.97 Å². The highest BCUT2D eigenvalue weighted by molar-refractivity contribution is 5.66. The van der Waals surface area contributed by atoms with E-state index in [9.17, 15) is 4.79 Å². The molecule has 3 heteroatoms. The van der Waals surface area contributed by atoms with Gasteiger partial charge in [-0.2, -0.15) is 0 Å². The van der Waals surface area contributed by atoms with Gasteiger partial charge in [-0.3, -0.25) is 9.69 Å². The summed E-state index contributed by atoms with van der Waals surface area (Å²) in [6, 6.07) is 0. The molecule has 1 unspecified atom stereocenters. The number of hydrogen-bond acceptors (Lipinski definition) is 3. The van der Waals surface area contributed by atoms with Gasteiger partial charge in [0.25, 0.3) is 0 Å². The number of rotatable bonds is 3. The Hall–Kier alpha value is -0.570. The molecule has 0 saturated heterocycles. The van der Waals surface area contributed by atoms with Crippen molar-refractivity contribution in [3.63, 3.8) is 0 Å². The maximum absolute atomic E-state index is 10.7. The summed E-state index contributed by atoms with van der Waals surface area (Å²) in [4.78, 5) is 12.6. The lowest BCUT2D eigenvalue weighted by Crippen LogP contribution is -2.44. The Morgan fingerprint density at radius 2 is 2.00 bits per heavy atom. The highest BCUT2D eigenvalue weighted by atomic mass is 16.6. The van der Waals surface area contributed by atoms with Crippen LogP contribution in [0.15, 0.2) is 0 Å². The van der Waals surface area contributed by atoms with Crippen LogP contribution in [0.2, 0.25) is 0 Å². The van der Waals surface area contributed by atoms with Crippen LogP contribution in [0.3, 0.4) is 0 Å². The van der Waals surface area contributed by atoms with Crippen LogP contribution in [0.25, 0.3) is 0 Å². The summed E-state index contributed by atoms with van der Waals surface area (Å²) in [5.41, 5.74) is -0.453. The maximum atomic E-state index is 10.7. The standard InChI is InChI=1S/C8H17NO2/c1-6-8(3,9(4)5)11-7(2)10/h6H2,1-5H3. The minimum absolute atomic E-state index is 0.233. The Morgan fingerprint density at radius 1 is 1.55 bits per heavy atom. The Balaban J connectivity index is 4.22. The first kappa shape index (κ1) is 10.4. The van der Waals surface area contributed by atoms with E-state index >= 15 is 0 Å². The van der Waals surface area contributed by atoms with E-state index in [1.807, 2.05) is 32.8 Å². The quantitative estimate of drug-likeness (QED) is 0.458. The van der Waals surface area contributed by atoms with Crippen LogP contribution in [0.5, 0.6) is 0 Å².